The van der Waals surface area contributed by atoms with Crippen molar-refractivity contribution in [2.24, 2.45) is 0 Å². The van der Waals surface area contributed by atoms with E-state index < -0.39 is 32.6 Å². The van der Waals surface area contributed by atoms with Gasteiger partial charge in [0, 0.05) is 11.1 Å². The third-order valence-electron chi connectivity index (χ3n) is 6.08. The Bertz CT molecular complexity index is 1570. The fourth-order valence-corrected chi connectivity index (χ4v) is 5.46. The molecular formula is C30H26F3NO4S. The Morgan fingerprint density at radius 1 is 0.846 bits per heavy atom. The molecule has 4 rings (SSSR count). The molecule has 0 aliphatic heterocycles. The summed E-state index contributed by atoms with van der Waals surface area (Å²) >= 11 is 0. The monoisotopic (exact) mass is 553 g/mol. The number of carbonyl (C=O) groups excluding carboxylic acids is 1. The second-order valence-electron chi connectivity index (χ2n) is 8.72. The number of amides is 1. The molecule has 0 aromatic heterocycles. The molecule has 0 radical (unpaired) electrons. The number of carbonyl (C=O) groups is 1. The van der Waals surface area contributed by atoms with Crippen molar-refractivity contribution in [1.29, 1.82) is 0 Å². The number of rotatable bonds is 9. The molecule has 9 heteroatoms. The molecule has 4 aromatic rings. The smallest absolute Gasteiger partial charge is 0.417 e. The molecule has 0 heterocycles. The molecule has 5 nitrogen and oxygen atoms in total. The first kappa shape index (κ1) is 27.9. The molecule has 1 N–H and O–H groups in total. The summed E-state index contributed by atoms with van der Waals surface area (Å²) in [6.07, 6.45) is -3.97. The zero-order chi connectivity index (χ0) is 28.0. The van der Waals surface area contributed by atoms with E-state index in [0.29, 0.717) is 36.8 Å². The van der Waals surface area contributed by atoms with Crippen molar-refractivity contribution in [2.45, 2.75) is 30.8 Å². The maximum atomic E-state index is 13.5. The zero-order valence-electron chi connectivity index (χ0n) is 21.0. The molecule has 0 spiro atoms. The van der Waals surface area contributed by atoms with E-state index in [2.05, 4.69) is 0 Å². The summed E-state index contributed by atoms with van der Waals surface area (Å²) in [5.41, 5.74) is 1.80. The van der Waals surface area contributed by atoms with Crippen LogP contribution in [0.25, 0.3) is 11.1 Å². The van der Waals surface area contributed by atoms with E-state index in [1.807, 2.05) is 66.2 Å². The summed E-state index contributed by atoms with van der Waals surface area (Å²) in [4.78, 5) is 12.2. The van der Waals surface area contributed by atoms with Gasteiger partial charge in [0.1, 0.15) is 5.75 Å². The number of ether oxygens (including phenoxy) is 1. The molecule has 0 bridgehead atoms. The van der Waals surface area contributed by atoms with Crippen molar-refractivity contribution in [2.75, 3.05) is 6.61 Å². The van der Waals surface area contributed by atoms with Crippen molar-refractivity contribution in [3.63, 3.8) is 0 Å². The maximum Gasteiger partial charge on any atom is 0.417 e. The van der Waals surface area contributed by atoms with Gasteiger partial charge in [-0.2, -0.15) is 13.2 Å². The van der Waals surface area contributed by atoms with Gasteiger partial charge in [0.2, 0.25) is 0 Å². The van der Waals surface area contributed by atoms with Crippen molar-refractivity contribution >= 4 is 15.9 Å². The average Bonchev–Trinajstić information content (AvgIpc) is 2.92. The van der Waals surface area contributed by atoms with Crippen molar-refractivity contribution in [3.8, 4) is 16.9 Å². The van der Waals surface area contributed by atoms with Crippen LogP contribution < -0.4 is 9.46 Å². The Balaban J connectivity index is 1.72. The van der Waals surface area contributed by atoms with Crippen LogP contribution >= 0.6 is 0 Å². The molecule has 0 atom stereocenters. The largest absolute Gasteiger partial charge is 0.493 e. The average molecular weight is 554 g/mol. The molecule has 0 aliphatic carbocycles. The van der Waals surface area contributed by atoms with Crippen LogP contribution in [0.1, 0.15) is 34.0 Å². The molecule has 0 saturated heterocycles. The van der Waals surface area contributed by atoms with E-state index in [4.69, 9.17) is 4.74 Å². The van der Waals surface area contributed by atoms with Crippen LogP contribution in [-0.4, -0.2) is 20.9 Å². The number of para-hydroxylation sites is 1. The first-order chi connectivity index (χ1) is 18.6. The molecule has 1 amide bonds. The van der Waals surface area contributed by atoms with Crippen molar-refractivity contribution in [1.82, 2.24) is 4.72 Å². The fraction of sp³-hybridized carbons (Fsp3) is 0.167. The summed E-state index contributed by atoms with van der Waals surface area (Å²) in [6.45, 7) is 2.32. The van der Waals surface area contributed by atoms with E-state index >= 15 is 0 Å². The minimum absolute atomic E-state index is 0.0524. The van der Waals surface area contributed by atoms with Gasteiger partial charge in [-0.1, -0.05) is 72.8 Å². The fourth-order valence-electron chi connectivity index (χ4n) is 4.27. The molecule has 0 unspecified atom stereocenters. The van der Waals surface area contributed by atoms with E-state index in [-0.39, 0.29) is 5.56 Å². The summed E-state index contributed by atoms with van der Waals surface area (Å²) in [7, 11) is -4.82. The molecule has 202 valence electrons. The van der Waals surface area contributed by atoms with Gasteiger partial charge in [0.05, 0.1) is 17.1 Å². The van der Waals surface area contributed by atoms with Gasteiger partial charge in [0.15, 0.2) is 0 Å². The summed E-state index contributed by atoms with van der Waals surface area (Å²) in [5, 5.41) is 0. The first-order valence-electron chi connectivity index (χ1n) is 12.2. The van der Waals surface area contributed by atoms with Gasteiger partial charge < -0.3 is 4.74 Å². The molecule has 0 aliphatic rings. The predicted molar refractivity (Wildman–Crippen MR) is 143 cm³/mol. The number of alkyl halides is 3. The predicted octanol–water partition coefficient (Wildman–Crippen LogP) is 6.68. The topological polar surface area (TPSA) is 72.5 Å². The Kier molecular flexibility index (Phi) is 8.40. The number of hydrogen-bond donors (Lipinski definition) is 1. The first-order valence-corrected chi connectivity index (χ1v) is 13.7. The summed E-state index contributed by atoms with van der Waals surface area (Å²) in [6, 6.07) is 25.6. The highest BCUT2D eigenvalue weighted by molar-refractivity contribution is 7.90. The second-order valence-corrected chi connectivity index (χ2v) is 10.4. The van der Waals surface area contributed by atoms with Gasteiger partial charge in [0.25, 0.3) is 15.9 Å². The lowest BCUT2D eigenvalue weighted by Crippen LogP contribution is -2.32. The lowest BCUT2D eigenvalue weighted by atomic mass is 9.94. The van der Waals surface area contributed by atoms with Crippen molar-refractivity contribution < 1.29 is 31.1 Å². The Hall–Kier alpha value is -4.11. The Labute approximate surface area is 225 Å². The van der Waals surface area contributed by atoms with E-state index in [0.717, 1.165) is 28.8 Å². The van der Waals surface area contributed by atoms with E-state index in [1.165, 1.54) is 12.1 Å². The van der Waals surface area contributed by atoms with Crippen LogP contribution in [-0.2, 0) is 29.0 Å². The summed E-state index contributed by atoms with van der Waals surface area (Å²) < 4.78 is 73.9. The second kappa shape index (κ2) is 11.7. The highest BCUT2D eigenvalue weighted by atomic mass is 32.2. The van der Waals surface area contributed by atoms with Gasteiger partial charge in [-0.3, -0.25) is 4.79 Å². The van der Waals surface area contributed by atoms with Crippen LogP contribution in [0.3, 0.4) is 0 Å². The van der Waals surface area contributed by atoms with Crippen LogP contribution in [0, 0.1) is 0 Å². The minimum atomic E-state index is -4.91. The molecular weight excluding hydrogens is 527 g/mol. The molecule has 39 heavy (non-hydrogen) atoms. The highest BCUT2D eigenvalue weighted by Gasteiger charge is 2.37. The van der Waals surface area contributed by atoms with E-state index in [9.17, 15) is 26.4 Å². The third-order valence-corrected chi connectivity index (χ3v) is 7.47. The normalized spacial score (nSPS) is 11.7. The minimum Gasteiger partial charge on any atom is -0.493 e. The summed E-state index contributed by atoms with van der Waals surface area (Å²) in [5.74, 6) is -0.364. The lowest BCUT2D eigenvalue weighted by molar-refractivity contribution is -0.139. The molecule has 4 aromatic carbocycles. The van der Waals surface area contributed by atoms with E-state index in [1.54, 1.807) is 12.1 Å². The Morgan fingerprint density at radius 2 is 1.51 bits per heavy atom. The van der Waals surface area contributed by atoms with Gasteiger partial charge >= 0.3 is 6.18 Å². The number of sulfonamides is 1. The maximum absolute atomic E-state index is 13.5. The van der Waals surface area contributed by atoms with Crippen LogP contribution in [0.4, 0.5) is 13.2 Å². The lowest BCUT2D eigenvalue weighted by Gasteiger charge is -2.16. The quantitative estimate of drug-likeness (QED) is 0.251. The van der Waals surface area contributed by atoms with Crippen LogP contribution in [0.2, 0.25) is 0 Å². The van der Waals surface area contributed by atoms with Crippen molar-refractivity contribution in [3.05, 3.63) is 119 Å². The number of nitrogens with one attached hydrogen (secondary N) is 1. The number of hydrogen-bond acceptors (Lipinski definition) is 4. The third kappa shape index (κ3) is 6.67. The molecule has 0 fully saturated rings. The standard InChI is InChI=1S/C30H26F3NO4S/c1-2-38-27-14-8-6-12-24(27)22-18-19-25(23(20-22)17-16-21-10-4-3-5-11-21)29(35)34-39(36,37)28-15-9-7-13-26(28)30(31,32)33/h3-15,18-20H,2,16-17H2,1H3,(H,34,35). The van der Waals surface area contributed by atoms with Gasteiger partial charge in [-0.15, -0.1) is 0 Å². The van der Waals surface area contributed by atoms with Crippen LogP contribution in [0.15, 0.2) is 102 Å². The number of benzene rings is 4. The number of aryl methyl sites for hydroxylation is 2. The van der Waals surface area contributed by atoms with Gasteiger partial charge in [-0.05, 0) is 60.7 Å². The van der Waals surface area contributed by atoms with Gasteiger partial charge in [-0.25, -0.2) is 13.1 Å². The Morgan fingerprint density at radius 3 is 2.23 bits per heavy atom. The zero-order valence-corrected chi connectivity index (χ0v) is 21.9. The number of halogens is 3. The van der Waals surface area contributed by atoms with Crippen LogP contribution in [0.5, 0.6) is 5.75 Å². The SMILES string of the molecule is CCOc1ccccc1-c1ccc(C(=O)NS(=O)(=O)c2ccccc2C(F)(F)F)c(CCc2ccccc2)c1. The highest BCUT2D eigenvalue weighted by Crippen LogP contribution is 2.34. The molecule has 0 saturated carbocycles.